The highest BCUT2D eigenvalue weighted by molar-refractivity contribution is 7.15. The van der Waals surface area contributed by atoms with Crippen molar-refractivity contribution in [3.05, 3.63) is 94.0 Å². The molecule has 0 aliphatic rings. The molecule has 12 heteroatoms. The van der Waals surface area contributed by atoms with E-state index in [1.165, 1.54) is 11.8 Å². The average Bonchev–Trinajstić information content (AvgIpc) is 3.45. The fourth-order valence-corrected chi connectivity index (χ4v) is 4.61. The van der Waals surface area contributed by atoms with E-state index >= 15 is 0 Å². The van der Waals surface area contributed by atoms with Crippen LogP contribution in [0.5, 0.6) is 17.2 Å². The lowest BCUT2D eigenvalue weighted by atomic mass is 10.1. The summed E-state index contributed by atoms with van der Waals surface area (Å²) in [6.07, 6.45) is 1.47. The standard InChI is InChI=1S/C32H35N5O6S/c1-4-41-28-19-24(11-14-27(28)43-18-16-40-15-17-42-25-12-9-22(2)10-13-25)21-33-35-29(38)20-30-36-37-32(44-30)34-31(39)26-8-6-5-7-23(26)3/h5-14,19,21H,4,15-18,20H2,1-3H3,(H,35,38)(H,34,37,39). The molecule has 1 aromatic heterocycles. The minimum Gasteiger partial charge on any atom is -0.491 e. The van der Waals surface area contributed by atoms with Crippen molar-refractivity contribution in [1.82, 2.24) is 15.6 Å². The first-order valence-corrected chi connectivity index (χ1v) is 14.9. The summed E-state index contributed by atoms with van der Waals surface area (Å²) in [4.78, 5) is 24.9. The fourth-order valence-electron chi connectivity index (χ4n) is 3.88. The largest absolute Gasteiger partial charge is 0.491 e. The first-order valence-electron chi connectivity index (χ1n) is 14.1. The van der Waals surface area contributed by atoms with Crippen molar-refractivity contribution in [1.29, 1.82) is 0 Å². The van der Waals surface area contributed by atoms with Crippen LogP contribution in [0.4, 0.5) is 5.13 Å². The Balaban J connectivity index is 1.18. The van der Waals surface area contributed by atoms with Crippen molar-refractivity contribution in [3.8, 4) is 17.2 Å². The van der Waals surface area contributed by atoms with Gasteiger partial charge in [0, 0.05) is 5.56 Å². The molecule has 0 radical (unpaired) electrons. The highest BCUT2D eigenvalue weighted by atomic mass is 32.1. The number of carbonyl (C=O) groups excluding carboxylic acids is 2. The normalized spacial score (nSPS) is 10.9. The molecule has 2 amide bonds. The van der Waals surface area contributed by atoms with Crippen LogP contribution in [0.1, 0.15) is 39.0 Å². The van der Waals surface area contributed by atoms with E-state index in [4.69, 9.17) is 18.9 Å². The molecule has 0 fully saturated rings. The van der Waals surface area contributed by atoms with Gasteiger partial charge in [0.2, 0.25) is 11.0 Å². The van der Waals surface area contributed by atoms with E-state index in [0.717, 1.165) is 22.6 Å². The zero-order valence-electron chi connectivity index (χ0n) is 24.9. The van der Waals surface area contributed by atoms with E-state index in [9.17, 15) is 9.59 Å². The topological polar surface area (TPSA) is 133 Å². The third kappa shape index (κ3) is 10.2. The van der Waals surface area contributed by atoms with Crippen molar-refractivity contribution >= 4 is 34.5 Å². The van der Waals surface area contributed by atoms with E-state index in [0.29, 0.717) is 65.8 Å². The van der Waals surface area contributed by atoms with Crippen LogP contribution in [-0.4, -0.2) is 61.3 Å². The van der Waals surface area contributed by atoms with Gasteiger partial charge in [0.05, 0.1) is 32.5 Å². The zero-order valence-corrected chi connectivity index (χ0v) is 25.7. The molecule has 0 aliphatic heterocycles. The Kier molecular flexibility index (Phi) is 12.2. The summed E-state index contributed by atoms with van der Waals surface area (Å²) >= 11 is 1.13. The second kappa shape index (κ2) is 16.7. The van der Waals surface area contributed by atoms with Crippen LogP contribution in [0.3, 0.4) is 0 Å². The molecule has 44 heavy (non-hydrogen) atoms. The van der Waals surface area contributed by atoms with Gasteiger partial charge < -0.3 is 18.9 Å². The Morgan fingerprint density at radius 2 is 1.66 bits per heavy atom. The lowest BCUT2D eigenvalue weighted by Gasteiger charge is -2.13. The fraction of sp³-hybridized carbons (Fsp3) is 0.281. The summed E-state index contributed by atoms with van der Waals surface area (Å²) in [7, 11) is 0. The number of anilines is 1. The van der Waals surface area contributed by atoms with Gasteiger partial charge in [0.1, 0.15) is 24.0 Å². The van der Waals surface area contributed by atoms with Crippen LogP contribution < -0.4 is 25.0 Å². The molecule has 1 heterocycles. The summed E-state index contributed by atoms with van der Waals surface area (Å²) < 4.78 is 22.8. The molecule has 0 saturated heterocycles. The van der Waals surface area contributed by atoms with Crippen LogP contribution in [0, 0.1) is 13.8 Å². The smallest absolute Gasteiger partial charge is 0.257 e. The molecule has 0 spiro atoms. The maximum atomic E-state index is 12.5. The molecule has 0 atom stereocenters. The maximum absolute atomic E-state index is 12.5. The number of nitrogens with one attached hydrogen (secondary N) is 2. The lowest BCUT2D eigenvalue weighted by molar-refractivity contribution is -0.120. The molecule has 2 N–H and O–H groups in total. The van der Waals surface area contributed by atoms with Gasteiger partial charge in [-0.25, -0.2) is 5.43 Å². The predicted molar refractivity (Wildman–Crippen MR) is 169 cm³/mol. The van der Waals surface area contributed by atoms with E-state index in [1.54, 1.807) is 30.3 Å². The highest BCUT2D eigenvalue weighted by Gasteiger charge is 2.14. The lowest BCUT2D eigenvalue weighted by Crippen LogP contribution is -2.19. The predicted octanol–water partition coefficient (Wildman–Crippen LogP) is 4.97. The minimum absolute atomic E-state index is 0.0354. The molecule has 0 saturated carbocycles. The quantitative estimate of drug-likeness (QED) is 0.102. The van der Waals surface area contributed by atoms with Crippen molar-refractivity contribution in [3.63, 3.8) is 0 Å². The number of hydrogen-bond acceptors (Lipinski definition) is 10. The molecule has 230 valence electrons. The molecule has 0 unspecified atom stereocenters. The van der Waals surface area contributed by atoms with Crippen molar-refractivity contribution < 1.29 is 28.5 Å². The molecule has 0 aliphatic carbocycles. The van der Waals surface area contributed by atoms with Crippen molar-refractivity contribution in [2.24, 2.45) is 5.10 Å². The van der Waals surface area contributed by atoms with Gasteiger partial charge in [-0.2, -0.15) is 5.10 Å². The summed E-state index contributed by atoms with van der Waals surface area (Å²) in [5, 5.41) is 15.5. The molecular formula is C32H35N5O6S. The number of carbonyl (C=O) groups is 2. The number of hydrogen-bond donors (Lipinski definition) is 2. The van der Waals surface area contributed by atoms with E-state index in [1.807, 2.05) is 57.2 Å². The molecule has 3 aromatic carbocycles. The van der Waals surface area contributed by atoms with Gasteiger partial charge >= 0.3 is 0 Å². The van der Waals surface area contributed by atoms with E-state index < -0.39 is 0 Å². The van der Waals surface area contributed by atoms with E-state index in [2.05, 4.69) is 26.0 Å². The summed E-state index contributed by atoms with van der Waals surface area (Å²) in [5.41, 5.74) is 5.78. The van der Waals surface area contributed by atoms with E-state index in [-0.39, 0.29) is 18.2 Å². The van der Waals surface area contributed by atoms with Gasteiger partial charge in [-0.3, -0.25) is 14.9 Å². The molecule has 11 nitrogen and oxygen atoms in total. The SMILES string of the molecule is CCOc1cc(C=NNC(=O)Cc2nnc(NC(=O)c3ccccc3C)s2)ccc1OCCOCCOc1ccc(C)cc1. The highest BCUT2D eigenvalue weighted by Crippen LogP contribution is 2.28. The zero-order chi connectivity index (χ0) is 31.1. The second-order valence-corrected chi connectivity index (χ2v) is 10.6. The van der Waals surface area contributed by atoms with Gasteiger partial charge in [0.25, 0.3) is 5.91 Å². The van der Waals surface area contributed by atoms with Crippen LogP contribution in [0.25, 0.3) is 0 Å². The second-order valence-electron chi connectivity index (χ2n) is 9.50. The maximum Gasteiger partial charge on any atom is 0.257 e. The van der Waals surface area contributed by atoms with Crippen LogP contribution in [0.2, 0.25) is 0 Å². The molecule has 4 rings (SSSR count). The van der Waals surface area contributed by atoms with Gasteiger partial charge in [0.15, 0.2) is 11.5 Å². The van der Waals surface area contributed by atoms with Crippen molar-refractivity contribution in [2.45, 2.75) is 27.2 Å². The third-order valence-electron chi connectivity index (χ3n) is 6.06. The average molecular weight is 618 g/mol. The number of ether oxygens (including phenoxy) is 4. The van der Waals surface area contributed by atoms with Gasteiger partial charge in [-0.1, -0.05) is 47.2 Å². The Labute approximate surface area is 260 Å². The van der Waals surface area contributed by atoms with Gasteiger partial charge in [-0.05, 0) is 68.3 Å². The Morgan fingerprint density at radius 3 is 2.43 bits per heavy atom. The number of aryl methyl sites for hydroxylation is 2. The first-order chi connectivity index (χ1) is 21.4. The van der Waals surface area contributed by atoms with Gasteiger partial charge in [-0.15, -0.1) is 10.2 Å². The molecule has 0 bridgehead atoms. The van der Waals surface area contributed by atoms with Crippen LogP contribution in [0.15, 0.2) is 71.8 Å². The Bertz CT molecular complexity index is 1560. The van der Waals surface area contributed by atoms with Crippen LogP contribution >= 0.6 is 11.3 Å². The minimum atomic E-state index is -0.372. The number of benzene rings is 3. The number of nitrogens with zero attached hydrogens (tertiary/aromatic N) is 3. The summed E-state index contributed by atoms with van der Waals surface area (Å²) in [5.74, 6) is 1.29. The monoisotopic (exact) mass is 617 g/mol. The number of aromatic nitrogens is 2. The third-order valence-corrected chi connectivity index (χ3v) is 6.90. The number of amides is 2. The summed E-state index contributed by atoms with van der Waals surface area (Å²) in [6, 6.07) is 20.5. The summed E-state index contributed by atoms with van der Waals surface area (Å²) in [6.45, 7) is 7.86. The number of hydrazone groups is 1. The first kappa shape index (κ1) is 32.1. The van der Waals surface area contributed by atoms with Crippen molar-refractivity contribution in [2.75, 3.05) is 38.4 Å². The molecule has 4 aromatic rings. The Morgan fingerprint density at radius 1 is 0.886 bits per heavy atom. The Hall–Kier alpha value is -4.81. The molecular weight excluding hydrogens is 582 g/mol. The number of rotatable bonds is 16. The van der Waals surface area contributed by atoms with Crippen LogP contribution in [-0.2, 0) is 16.0 Å².